The van der Waals surface area contributed by atoms with Crippen molar-refractivity contribution >= 4 is 33.9 Å². The normalized spacial score (nSPS) is 15.8. The molecule has 0 spiro atoms. The van der Waals surface area contributed by atoms with Gasteiger partial charge in [-0.2, -0.15) is 0 Å². The fraction of sp³-hybridized carbons (Fsp3) is 0.312. The molecule has 1 aromatic carbocycles. The summed E-state index contributed by atoms with van der Waals surface area (Å²) in [6, 6.07) is 7.41. The number of nitrogens with one attached hydrogen (secondary N) is 2. The topological polar surface area (TPSA) is 80.1 Å². The largest absolute Gasteiger partial charge is 0.464 e. The van der Waals surface area contributed by atoms with Gasteiger partial charge in [0.1, 0.15) is 10.6 Å². The summed E-state index contributed by atoms with van der Waals surface area (Å²) in [6.45, 7) is 1.99. The molecule has 0 unspecified atom stereocenters. The number of carbonyl (C=O) groups excluding carboxylic acids is 1. The molecule has 3 heterocycles. The standard InChI is InChI=1S/C16H16N4O2S/c21-14(18-12-2-1-3-13-11(12)6-9-22-13)16-20-19-15(23-16)10-4-7-17-8-5-10/h1-3,6,9-10,17H,4-5,7-8H2,(H,18,21). The molecular weight excluding hydrogens is 312 g/mol. The van der Waals surface area contributed by atoms with E-state index in [0.717, 1.165) is 47.6 Å². The summed E-state index contributed by atoms with van der Waals surface area (Å²) in [4.78, 5) is 12.4. The summed E-state index contributed by atoms with van der Waals surface area (Å²) in [5, 5.41) is 16.8. The molecule has 2 aromatic heterocycles. The summed E-state index contributed by atoms with van der Waals surface area (Å²) in [6.07, 6.45) is 3.70. The van der Waals surface area contributed by atoms with Crippen molar-refractivity contribution in [3.63, 3.8) is 0 Å². The SMILES string of the molecule is O=C(Nc1cccc2occc12)c1nnc(C2CCNCC2)s1. The number of fused-ring (bicyclic) bond motifs is 1. The van der Waals surface area contributed by atoms with E-state index < -0.39 is 0 Å². The van der Waals surface area contributed by atoms with Crippen molar-refractivity contribution in [3.05, 3.63) is 40.5 Å². The van der Waals surface area contributed by atoms with E-state index in [1.807, 2.05) is 24.3 Å². The molecule has 0 atom stereocenters. The van der Waals surface area contributed by atoms with Crippen molar-refractivity contribution < 1.29 is 9.21 Å². The second-order valence-corrected chi connectivity index (χ2v) is 6.57. The van der Waals surface area contributed by atoms with Crippen molar-refractivity contribution in [3.8, 4) is 0 Å². The van der Waals surface area contributed by atoms with Crippen LogP contribution in [0.2, 0.25) is 0 Å². The van der Waals surface area contributed by atoms with Gasteiger partial charge in [-0.3, -0.25) is 4.79 Å². The zero-order chi connectivity index (χ0) is 15.6. The molecule has 0 saturated carbocycles. The van der Waals surface area contributed by atoms with Gasteiger partial charge in [0.05, 0.1) is 12.0 Å². The van der Waals surface area contributed by atoms with Crippen LogP contribution in [0.15, 0.2) is 34.9 Å². The minimum atomic E-state index is -0.226. The van der Waals surface area contributed by atoms with E-state index in [0.29, 0.717) is 10.9 Å². The number of hydrogen-bond donors (Lipinski definition) is 2. The first-order chi connectivity index (χ1) is 11.3. The Morgan fingerprint density at radius 3 is 3.00 bits per heavy atom. The van der Waals surface area contributed by atoms with Gasteiger partial charge in [0.15, 0.2) is 0 Å². The first-order valence-corrected chi connectivity index (χ1v) is 8.44. The van der Waals surface area contributed by atoms with Crippen LogP contribution in [0.5, 0.6) is 0 Å². The summed E-state index contributed by atoms with van der Waals surface area (Å²) < 4.78 is 5.35. The molecule has 3 aromatic rings. The molecule has 1 fully saturated rings. The predicted molar refractivity (Wildman–Crippen MR) is 88.9 cm³/mol. The number of anilines is 1. The molecule has 1 aliphatic heterocycles. The fourth-order valence-corrected chi connectivity index (χ4v) is 3.75. The highest BCUT2D eigenvalue weighted by atomic mass is 32.1. The molecule has 7 heteroatoms. The Hall–Kier alpha value is -2.25. The van der Waals surface area contributed by atoms with E-state index in [4.69, 9.17) is 4.42 Å². The molecule has 23 heavy (non-hydrogen) atoms. The Morgan fingerprint density at radius 1 is 1.26 bits per heavy atom. The lowest BCUT2D eigenvalue weighted by Gasteiger charge is -2.19. The average Bonchev–Trinajstić information content (AvgIpc) is 3.25. The molecule has 1 amide bonds. The third kappa shape index (κ3) is 2.85. The van der Waals surface area contributed by atoms with Crippen molar-refractivity contribution in [1.82, 2.24) is 15.5 Å². The maximum absolute atomic E-state index is 12.4. The van der Waals surface area contributed by atoms with E-state index in [-0.39, 0.29) is 5.91 Å². The quantitative estimate of drug-likeness (QED) is 0.772. The van der Waals surface area contributed by atoms with Gasteiger partial charge in [0.2, 0.25) is 5.01 Å². The van der Waals surface area contributed by atoms with Gasteiger partial charge in [-0.05, 0) is 44.1 Å². The molecule has 2 N–H and O–H groups in total. The molecule has 4 rings (SSSR count). The third-order valence-electron chi connectivity index (χ3n) is 4.07. The zero-order valence-electron chi connectivity index (χ0n) is 12.4. The Labute approximate surface area is 136 Å². The minimum Gasteiger partial charge on any atom is -0.464 e. The molecule has 0 aliphatic carbocycles. The highest BCUT2D eigenvalue weighted by molar-refractivity contribution is 7.13. The number of rotatable bonds is 3. The van der Waals surface area contributed by atoms with Crippen molar-refractivity contribution in [2.24, 2.45) is 0 Å². The summed E-state index contributed by atoms with van der Waals surface area (Å²) in [5.74, 6) is 0.184. The Balaban J connectivity index is 1.53. The monoisotopic (exact) mass is 328 g/mol. The van der Waals surface area contributed by atoms with E-state index in [1.54, 1.807) is 6.26 Å². The van der Waals surface area contributed by atoms with Crippen LogP contribution >= 0.6 is 11.3 Å². The molecule has 6 nitrogen and oxygen atoms in total. The van der Waals surface area contributed by atoms with Crippen LogP contribution < -0.4 is 10.6 Å². The first kappa shape index (κ1) is 14.3. The lowest BCUT2D eigenvalue weighted by Crippen LogP contribution is -2.26. The van der Waals surface area contributed by atoms with Crippen LogP contribution in [-0.2, 0) is 0 Å². The second kappa shape index (κ2) is 6.10. The average molecular weight is 328 g/mol. The summed E-state index contributed by atoms with van der Waals surface area (Å²) in [5.41, 5.74) is 1.47. The maximum Gasteiger partial charge on any atom is 0.286 e. The van der Waals surface area contributed by atoms with E-state index in [1.165, 1.54) is 11.3 Å². The first-order valence-electron chi connectivity index (χ1n) is 7.63. The van der Waals surface area contributed by atoms with Crippen LogP contribution in [0.25, 0.3) is 11.0 Å². The number of amides is 1. The second-order valence-electron chi connectivity index (χ2n) is 5.56. The van der Waals surface area contributed by atoms with Gasteiger partial charge >= 0.3 is 0 Å². The fourth-order valence-electron chi connectivity index (χ4n) is 2.84. The number of carbonyl (C=O) groups is 1. The third-order valence-corrected chi connectivity index (χ3v) is 5.15. The zero-order valence-corrected chi connectivity index (χ0v) is 13.2. The number of benzene rings is 1. The molecular formula is C16H16N4O2S. The van der Waals surface area contributed by atoms with Gasteiger partial charge in [-0.15, -0.1) is 10.2 Å². The molecule has 1 aliphatic rings. The van der Waals surface area contributed by atoms with Crippen LogP contribution in [0.3, 0.4) is 0 Å². The van der Waals surface area contributed by atoms with Crippen LogP contribution in [-0.4, -0.2) is 29.2 Å². The number of hydrogen-bond acceptors (Lipinski definition) is 6. The highest BCUT2D eigenvalue weighted by Gasteiger charge is 2.22. The lowest BCUT2D eigenvalue weighted by molar-refractivity contribution is 0.102. The number of piperidine rings is 1. The van der Waals surface area contributed by atoms with E-state index in [9.17, 15) is 4.79 Å². The Morgan fingerprint density at radius 2 is 2.13 bits per heavy atom. The molecule has 118 valence electrons. The Kier molecular flexibility index (Phi) is 3.80. The minimum absolute atomic E-state index is 0.226. The summed E-state index contributed by atoms with van der Waals surface area (Å²) in [7, 11) is 0. The van der Waals surface area contributed by atoms with Crippen molar-refractivity contribution in [2.75, 3.05) is 18.4 Å². The maximum atomic E-state index is 12.4. The number of nitrogens with zero attached hydrogens (tertiary/aromatic N) is 2. The van der Waals surface area contributed by atoms with Gasteiger partial charge in [-0.25, -0.2) is 0 Å². The van der Waals surface area contributed by atoms with Gasteiger partial charge in [0.25, 0.3) is 5.91 Å². The number of furan rings is 1. The van der Waals surface area contributed by atoms with E-state index in [2.05, 4.69) is 20.8 Å². The van der Waals surface area contributed by atoms with Crippen LogP contribution in [0.4, 0.5) is 5.69 Å². The molecule has 0 radical (unpaired) electrons. The van der Waals surface area contributed by atoms with Gasteiger partial charge < -0.3 is 15.1 Å². The van der Waals surface area contributed by atoms with Crippen LogP contribution in [0, 0.1) is 0 Å². The molecule has 1 saturated heterocycles. The smallest absolute Gasteiger partial charge is 0.286 e. The van der Waals surface area contributed by atoms with E-state index >= 15 is 0 Å². The summed E-state index contributed by atoms with van der Waals surface area (Å²) >= 11 is 1.39. The molecule has 0 bridgehead atoms. The van der Waals surface area contributed by atoms with Crippen molar-refractivity contribution in [1.29, 1.82) is 0 Å². The predicted octanol–water partition coefficient (Wildman–Crippen LogP) is 3.00. The van der Waals surface area contributed by atoms with Gasteiger partial charge in [-0.1, -0.05) is 17.4 Å². The Bertz CT molecular complexity index is 835. The highest BCUT2D eigenvalue weighted by Crippen LogP contribution is 2.29. The lowest BCUT2D eigenvalue weighted by atomic mass is 9.99. The van der Waals surface area contributed by atoms with Crippen molar-refractivity contribution in [2.45, 2.75) is 18.8 Å². The number of aromatic nitrogens is 2. The van der Waals surface area contributed by atoms with Gasteiger partial charge in [0, 0.05) is 11.3 Å². The van der Waals surface area contributed by atoms with Crippen LogP contribution in [0.1, 0.15) is 33.6 Å².